The first kappa shape index (κ1) is 11.0. The molecule has 0 radical (unpaired) electrons. The van der Waals surface area contributed by atoms with Crippen LogP contribution in [0.5, 0.6) is 11.5 Å². The molecule has 0 aliphatic heterocycles. The van der Waals surface area contributed by atoms with Gasteiger partial charge in [-0.3, -0.25) is 4.79 Å². The molecule has 82 valence electrons. The molecule has 16 heavy (non-hydrogen) atoms. The van der Waals surface area contributed by atoms with Gasteiger partial charge in [0.05, 0.1) is 7.11 Å². The van der Waals surface area contributed by atoms with Gasteiger partial charge in [0, 0.05) is 9.86 Å². The van der Waals surface area contributed by atoms with E-state index in [0.29, 0.717) is 18.0 Å². The average molecular weight is 281 g/mol. The molecule has 0 amide bonds. The number of carbonyl (C=O) groups is 1. The van der Waals surface area contributed by atoms with Crippen LogP contribution in [0, 0.1) is 0 Å². The molecule has 2 aromatic carbocycles. The van der Waals surface area contributed by atoms with Gasteiger partial charge in [-0.2, -0.15) is 0 Å². The number of halogens is 1. The largest absolute Gasteiger partial charge is 0.493 e. The Labute approximate surface area is 101 Å². The van der Waals surface area contributed by atoms with Crippen molar-refractivity contribution in [1.29, 1.82) is 0 Å². The first-order chi connectivity index (χ1) is 7.76. The Balaban J connectivity index is 2.73. The van der Waals surface area contributed by atoms with Crippen LogP contribution in [-0.4, -0.2) is 13.6 Å². The molecule has 0 saturated carbocycles. The Hall–Kier alpha value is -1.55. The van der Waals surface area contributed by atoms with Crippen molar-refractivity contribution in [2.75, 3.05) is 7.11 Å². The highest BCUT2D eigenvalue weighted by Gasteiger charge is 2.09. The Morgan fingerprint density at radius 1 is 1.25 bits per heavy atom. The molecule has 0 heterocycles. The molecular formula is C12H9BrO3. The van der Waals surface area contributed by atoms with E-state index in [9.17, 15) is 4.79 Å². The molecule has 3 nitrogen and oxygen atoms in total. The SMILES string of the molecule is COc1ccc2cc(Br)ccc2c1OC=O. The molecular weight excluding hydrogens is 272 g/mol. The van der Waals surface area contributed by atoms with Crippen LogP contribution in [0.4, 0.5) is 0 Å². The van der Waals surface area contributed by atoms with Crippen LogP contribution >= 0.6 is 15.9 Å². The summed E-state index contributed by atoms with van der Waals surface area (Å²) in [6.45, 7) is 0.402. The van der Waals surface area contributed by atoms with Crippen LogP contribution in [0.25, 0.3) is 10.8 Å². The third-order valence-corrected chi connectivity index (χ3v) is 2.78. The Kier molecular flexibility index (Phi) is 3.10. The van der Waals surface area contributed by atoms with Crippen molar-refractivity contribution in [3.8, 4) is 11.5 Å². The zero-order chi connectivity index (χ0) is 11.5. The monoisotopic (exact) mass is 280 g/mol. The second kappa shape index (κ2) is 4.53. The Morgan fingerprint density at radius 2 is 2.06 bits per heavy atom. The van der Waals surface area contributed by atoms with Crippen molar-refractivity contribution in [2.24, 2.45) is 0 Å². The van der Waals surface area contributed by atoms with Crippen LogP contribution in [0.3, 0.4) is 0 Å². The molecule has 4 heteroatoms. The minimum absolute atomic E-state index is 0.402. The van der Waals surface area contributed by atoms with E-state index in [1.807, 2.05) is 24.3 Å². The van der Waals surface area contributed by atoms with E-state index in [4.69, 9.17) is 9.47 Å². The highest BCUT2D eigenvalue weighted by atomic mass is 79.9. The lowest BCUT2D eigenvalue weighted by Gasteiger charge is -2.09. The van der Waals surface area contributed by atoms with Crippen molar-refractivity contribution in [3.05, 3.63) is 34.8 Å². The summed E-state index contributed by atoms with van der Waals surface area (Å²) in [6, 6.07) is 9.40. The minimum atomic E-state index is 0.402. The molecule has 0 fully saturated rings. The maximum atomic E-state index is 10.5. The third-order valence-electron chi connectivity index (χ3n) is 2.28. The second-order valence-corrected chi connectivity index (χ2v) is 4.09. The first-order valence-electron chi connectivity index (χ1n) is 4.63. The van der Waals surface area contributed by atoms with E-state index < -0.39 is 0 Å². The molecule has 2 aromatic rings. The van der Waals surface area contributed by atoms with E-state index in [2.05, 4.69) is 15.9 Å². The lowest BCUT2D eigenvalue weighted by atomic mass is 10.1. The van der Waals surface area contributed by atoms with Crippen molar-refractivity contribution in [3.63, 3.8) is 0 Å². The summed E-state index contributed by atoms with van der Waals surface area (Å²) in [5.74, 6) is 0.990. The van der Waals surface area contributed by atoms with Crippen molar-refractivity contribution in [2.45, 2.75) is 0 Å². The summed E-state index contributed by atoms with van der Waals surface area (Å²) in [7, 11) is 1.54. The molecule has 0 atom stereocenters. The average Bonchev–Trinajstić information content (AvgIpc) is 2.29. The summed E-state index contributed by atoms with van der Waals surface area (Å²) in [5, 5.41) is 1.82. The Morgan fingerprint density at radius 3 is 2.75 bits per heavy atom. The predicted molar refractivity (Wildman–Crippen MR) is 64.9 cm³/mol. The molecule has 0 aliphatic carbocycles. The molecule has 0 unspecified atom stereocenters. The lowest BCUT2D eigenvalue weighted by molar-refractivity contribution is -0.120. The second-order valence-electron chi connectivity index (χ2n) is 3.18. The van der Waals surface area contributed by atoms with Gasteiger partial charge in [-0.15, -0.1) is 0 Å². The smallest absolute Gasteiger partial charge is 0.298 e. The van der Waals surface area contributed by atoms with Gasteiger partial charge < -0.3 is 9.47 Å². The zero-order valence-corrected chi connectivity index (χ0v) is 10.2. The topological polar surface area (TPSA) is 35.5 Å². The van der Waals surface area contributed by atoms with Gasteiger partial charge >= 0.3 is 0 Å². The maximum absolute atomic E-state index is 10.5. The van der Waals surface area contributed by atoms with Crippen LogP contribution in [0.15, 0.2) is 34.8 Å². The molecule has 0 aliphatic rings. The van der Waals surface area contributed by atoms with Gasteiger partial charge in [0.15, 0.2) is 11.5 Å². The fourth-order valence-electron chi connectivity index (χ4n) is 1.58. The van der Waals surface area contributed by atoms with Crippen molar-refractivity contribution < 1.29 is 14.3 Å². The highest BCUT2D eigenvalue weighted by molar-refractivity contribution is 9.10. The number of fused-ring (bicyclic) bond motifs is 1. The van der Waals surface area contributed by atoms with Crippen molar-refractivity contribution >= 4 is 33.2 Å². The van der Waals surface area contributed by atoms with E-state index in [1.54, 1.807) is 6.07 Å². The summed E-state index contributed by atoms with van der Waals surface area (Å²) in [5.41, 5.74) is 0. The van der Waals surface area contributed by atoms with E-state index in [0.717, 1.165) is 15.2 Å². The molecule has 0 spiro atoms. The molecule has 2 rings (SSSR count). The Bertz CT molecular complexity index is 537. The summed E-state index contributed by atoms with van der Waals surface area (Å²) < 4.78 is 11.1. The standard InChI is InChI=1S/C12H9BrO3/c1-15-11-5-2-8-6-9(13)3-4-10(8)12(11)16-7-14/h2-7H,1H3. The first-order valence-corrected chi connectivity index (χ1v) is 5.42. The summed E-state index contributed by atoms with van der Waals surface area (Å²) in [6.07, 6.45) is 0. The number of ether oxygens (including phenoxy) is 2. The van der Waals surface area contributed by atoms with Gasteiger partial charge in [0.2, 0.25) is 0 Å². The number of benzene rings is 2. The summed E-state index contributed by atoms with van der Waals surface area (Å²) >= 11 is 3.39. The van der Waals surface area contributed by atoms with Crippen LogP contribution in [0.2, 0.25) is 0 Å². The summed E-state index contributed by atoms with van der Waals surface area (Å²) in [4.78, 5) is 10.5. The fraction of sp³-hybridized carbons (Fsp3) is 0.0833. The van der Waals surface area contributed by atoms with Crippen LogP contribution in [0.1, 0.15) is 0 Å². The molecule has 0 saturated heterocycles. The highest BCUT2D eigenvalue weighted by Crippen LogP contribution is 2.36. The van der Waals surface area contributed by atoms with E-state index in [1.165, 1.54) is 7.11 Å². The molecule has 0 N–H and O–H groups in total. The number of methoxy groups -OCH3 is 1. The zero-order valence-electron chi connectivity index (χ0n) is 8.57. The van der Waals surface area contributed by atoms with Gasteiger partial charge in [0.25, 0.3) is 6.47 Å². The molecule has 0 bridgehead atoms. The lowest BCUT2D eigenvalue weighted by Crippen LogP contribution is -1.94. The van der Waals surface area contributed by atoms with Gasteiger partial charge in [0.1, 0.15) is 0 Å². The van der Waals surface area contributed by atoms with Gasteiger partial charge in [-0.25, -0.2) is 0 Å². The number of carbonyl (C=O) groups excluding carboxylic acids is 1. The third kappa shape index (κ3) is 1.88. The minimum Gasteiger partial charge on any atom is -0.493 e. The van der Waals surface area contributed by atoms with E-state index in [-0.39, 0.29) is 0 Å². The normalized spacial score (nSPS) is 10.1. The number of rotatable bonds is 3. The fourth-order valence-corrected chi connectivity index (χ4v) is 1.96. The van der Waals surface area contributed by atoms with Gasteiger partial charge in [-0.1, -0.05) is 22.0 Å². The van der Waals surface area contributed by atoms with Crippen LogP contribution < -0.4 is 9.47 Å². The number of hydrogen-bond acceptors (Lipinski definition) is 3. The predicted octanol–water partition coefficient (Wildman–Crippen LogP) is 3.15. The van der Waals surface area contributed by atoms with E-state index >= 15 is 0 Å². The van der Waals surface area contributed by atoms with Crippen LogP contribution in [-0.2, 0) is 4.79 Å². The number of hydrogen-bond donors (Lipinski definition) is 0. The van der Waals surface area contributed by atoms with Gasteiger partial charge in [-0.05, 0) is 29.7 Å². The van der Waals surface area contributed by atoms with Crippen molar-refractivity contribution in [1.82, 2.24) is 0 Å². The molecule has 0 aromatic heterocycles. The maximum Gasteiger partial charge on any atom is 0.298 e. The quantitative estimate of drug-likeness (QED) is 0.811.